The van der Waals surface area contributed by atoms with Crippen LogP contribution in [0.3, 0.4) is 0 Å². The summed E-state index contributed by atoms with van der Waals surface area (Å²) < 4.78 is 0. The van der Waals surface area contributed by atoms with Gasteiger partial charge in [0.25, 0.3) is 0 Å². The largest absolute Gasteiger partial charge is 0.241 e. The van der Waals surface area contributed by atoms with E-state index in [1.165, 1.54) is 6.42 Å². The third-order valence-corrected chi connectivity index (χ3v) is 2.74. The Hall–Kier alpha value is -0.630. The van der Waals surface area contributed by atoms with Crippen molar-refractivity contribution in [3.63, 3.8) is 0 Å². The molecule has 3 heteroatoms. The van der Waals surface area contributed by atoms with Gasteiger partial charge in [-0.15, -0.1) is 0 Å². The summed E-state index contributed by atoms with van der Waals surface area (Å²) in [5.74, 6) is 0.739. The van der Waals surface area contributed by atoms with Crippen LogP contribution in [0.25, 0.3) is 0 Å². The van der Waals surface area contributed by atoms with E-state index >= 15 is 0 Å². The molecule has 0 fully saturated rings. The molecule has 1 aromatic rings. The molecule has 0 N–H and O–H groups in total. The summed E-state index contributed by atoms with van der Waals surface area (Å²) in [6.07, 6.45) is 4.85. The van der Waals surface area contributed by atoms with Gasteiger partial charge in [-0.3, -0.25) is 0 Å². The number of fused-ring (bicyclic) bond motifs is 1. The lowest BCUT2D eigenvalue weighted by Crippen LogP contribution is -2.13. The molecule has 64 valence electrons. The van der Waals surface area contributed by atoms with E-state index in [2.05, 4.69) is 16.9 Å². The van der Waals surface area contributed by atoms with Crippen molar-refractivity contribution in [3.8, 4) is 0 Å². The third kappa shape index (κ3) is 1.31. The highest BCUT2D eigenvalue weighted by molar-refractivity contribution is 6.30. The van der Waals surface area contributed by atoms with Crippen LogP contribution in [0.1, 0.15) is 24.6 Å². The van der Waals surface area contributed by atoms with E-state index in [-0.39, 0.29) is 0 Å². The molecule has 0 bridgehead atoms. The Kier molecular flexibility index (Phi) is 2.01. The van der Waals surface area contributed by atoms with Gasteiger partial charge in [0.2, 0.25) is 0 Å². The maximum absolute atomic E-state index is 5.94. The molecule has 0 saturated heterocycles. The lowest BCUT2D eigenvalue weighted by Gasteiger charge is -2.20. The smallest absolute Gasteiger partial charge is 0.135 e. The Morgan fingerprint density at radius 2 is 2.33 bits per heavy atom. The first-order valence-electron chi connectivity index (χ1n) is 4.25. The van der Waals surface area contributed by atoms with Crippen LogP contribution in [0.2, 0.25) is 5.15 Å². The molecule has 0 amide bonds. The van der Waals surface area contributed by atoms with E-state index in [1.54, 1.807) is 6.33 Å². The van der Waals surface area contributed by atoms with Crippen LogP contribution in [0, 0.1) is 5.92 Å². The van der Waals surface area contributed by atoms with E-state index in [1.807, 2.05) is 0 Å². The molecule has 1 atom stereocenters. The van der Waals surface area contributed by atoms with E-state index in [9.17, 15) is 0 Å². The molecule has 0 aliphatic heterocycles. The highest BCUT2D eigenvalue weighted by Gasteiger charge is 2.18. The van der Waals surface area contributed by atoms with Crippen LogP contribution in [0.15, 0.2) is 6.33 Å². The normalized spacial score (nSPS) is 22.0. The van der Waals surface area contributed by atoms with E-state index in [0.29, 0.717) is 5.15 Å². The van der Waals surface area contributed by atoms with Crippen molar-refractivity contribution in [2.45, 2.75) is 26.2 Å². The van der Waals surface area contributed by atoms with E-state index < -0.39 is 0 Å². The molecule has 0 saturated carbocycles. The second kappa shape index (κ2) is 3.02. The average Bonchev–Trinajstić information content (AvgIpc) is 2.04. The van der Waals surface area contributed by atoms with Crippen molar-refractivity contribution >= 4 is 11.6 Å². The van der Waals surface area contributed by atoms with Crippen LogP contribution < -0.4 is 0 Å². The fourth-order valence-corrected chi connectivity index (χ4v) is 1.92. The molecule has 2 rings (SSSR count). The van der Waals surface area contributed by atoms with Crippen LogP contribution in [-0.2, 0) is 12.8 Å². The number of hydrogen-bond donors (Lipinski definition) is 0. The summed E-state index contributed by atoms with van der Waals surface area (Å²) in [4.78, 5) is 8.21. The number of hydrogen-bond acceptors (Lipinski definition) is 2. The second-order valence-electron chi connectivity index (χ2n) is 3.44. The maximum atomic E-state index is 5.94. The molecule has 0 radical (unpaired) electrons. The number of nitrogens with zero attached hydrogens (tertiary/aromatic N) is 2. The summed E-state index contributed by atoms with van der Waals surface area (Å²) in [6.45, 7) is 2.25. The molecule has 0 unspecified atom stereocenters. The monoisotopic (exact) mass is 182 g/mol. The second-order valence-corrected chi connectivity index (χ2v) is 3.80. The van der Waals surface area contributed by atoms with Gasteiger partial charge in [-0.1, -0.05) is 18.5 Å². The Morgan fingerprint density at radius 1 is 1.50 bits per heavy atom. The van der Waals surface area contributed by atoms with Crippen molar-refractivity contribution in [2.24, 2.45) is 5.92 Å². The van der Waals surface area contributed by atoms with E-state index in [4.69, 9.17) is 11.6 Å². The van der Waals surface area contributed by atoms with Gasteiger partial charge in [-0.25, -0.2) is 9.97 Å². The Labute approximate surface area is 77.0 Å². The van der Waals surface area contributed by atoms with Crippen molar-refractivity contribution < 1.29 is 0 Å². The summed E-state index contributed by atoms with van der Waals surface area (Å²) >= 11 is 5.94. The lowest BCUT2D eigenvalue weighted by atomic mass is 9.89. The standard InChI is InChI=1S/C9H11ClN2/c1-6-2-3-7-8(4-6)11-5-12-9(7)10/h5-6H,2-4H2,1H3/t6-/m1/s1. The van der Waals surface area contributed by atoms with Gasteiger partial charge in [-0.2, -0.15) is 0 Å². The van der Waals surface area contributed by atoms with Gasteiger partial charge in [0.05, 0.1) is 0 Å². The molecular formula is C9H11ClN2. The molecule has 0 spiro atoms. The molecule has 0 aromatic carbocycles. The molecule has 12 heavy (non-hydrogen) atoms. The fraction of sp³-hybridized carbons (Fsp3) is 0.556. The molecule has 1 heterocycles. The van der Waals surface area contributed by atoms with Gasteiger partial charge in [0.1, 0.15) is 11.5 Å². The van der Waals surface area contributed by atoms with Crippen molar-refractivity contribution in [2.75, 3.05) is 0 Å². The highest BCUT2D eigenvalue weighted by Crippen LogP contribution is 2.27. The van der Waals surface area contributed by atoms with Crippen LogP contribution >= 0.6 is 11.6 Å². The zero-order valence-electron chi connectivity index (χ0n) is 7.05. The number of halogens is 1. The van der Waals surface area contributed by atoms with Crippen molar-refractivity contribution in [1.82, 2.24) is 9.97 Å². The fourth-order valence-electron chi connectivity index (χ4n) is 1.67. The van der Waals surface area contributed by atoms with Gasteiger partial charge >= 0.3 is 0 Å². The SMILES string of the molecule is C[C@@H]1CCc2c(Cl)ncnc2C1. The molecule has 2 nitrogen and oxygen atoms in total. The lowest BCUT2D eigenvalue weighted by molar-refractivity contribution is 0.490. The predicted octanol–water partition coefficient (Wildman–Crippen LogP) is 2.25. The zero-order valence-corrected chi connectivity index (χ0v) is 7.80. The average molecular weight is 183 g/mol. The number of rotatable bonds is 0. The van der Waals surface area contributed by atoms with Gasteiger partial charge in [0, 0.05) is 11.3 Å². The van der Waals surface area contributed by atoms with Crippen LogP contribution in [-0.4, -0.2) is 9.97 Å². The summed E-state index contributed by atoms with van der Waals surface area (Å²) in [5, 5.41) is 0.645. The van der Waals surface area contributed by atoms with Crippen LogP contribution in [0.5, 0.6) is 0 Å². The summed E-state index contributed by atoms with van der Waals surface area (Å²) in [7, 11) is 0. The van der Waals surface area contributed by atoms with Gasteiger partial charge in [0.15, 0.2) is 0 Å². The molecule has 1 aliphatic carbocycles. The van der Waals surface area contributed by atoms with Crippen LogP contribution in [0.4, 0.5) is 0 Å². The molecule has 1 aliphatic rings. The van der Waals surface area contributed by atoms with Gasteiger partial charge < -0.3 is 0 Å². The summed E-state index contributed by atoms with van der Waals surface area (Å²) in [5.41, 5.74) is 2.31. The minimum Gasteiger partial charge on any atom is -0.241 e. The summed E-state index contributed by atoms with van der Waals surface area (Å²) in [6, 6.07) is 0. The first kappa shape index (κ1) is 7.99. The molecular weight excluding hydrogens is 172 g/mol. The topological polar surface area (TPSA) is 25.8 Å². The highest BCUT2D eigenvalue weighted by atomic mass is 35.5. The van der Waals surface area contributed by atoms with Crippen molar-refractivity contribution in [1.29, 1.82) is 0 Å². The first-order chi connectivity index (χ1) is 5.77. The Morgan fingerprint density at radius 3 is 3.17 bits per heavy atom. The third-order valence-electron chi connectivity index (χ3n) is 2.41. The van der Waals surface area contributed by atoms with E-state index in [0.717, 1.165) is 30.0 Å². The maximum Gasteiger partial charge on any atom is 0.135 e. The quantitative estimate of drug-likeness (QED) is 0.576. The Bertz CT molecular complexity index is 299. The predicted molar refractivity (Wildman–Crippen MR) is 48.2 cm³/mol. The molecule has 1 aromatic heterocycles. The van der Waals surface area contributed by atoms with Gasteiger partial charge in [-0.05, 0) is 25.2 Å². The minimum absolute atomic E-state index is 0.645. The minimum atomic E-state index is 0.645. The van der Waals surface area contributed by atoms with Crippen molar-refractivity contribution in [3.05, 3.63) is 22.7 Å². The number of aromatic nitrogens is 2. The zero-order chi connectivity index (χ0) is 8.55. The first-order valence-corrected chi connectivity index (χ1v) is 4.63. The Balaban J connectivity index is 2.42.